The molecule has 0 unspecified atom stereocenters. The lowest BCUT2D eigenvalue weighted by atomic mass is 10.1. The Morgan fingerprint density at radius 3 is 2.74 bits per heavy atom. The Morgan fingerprint density at radius 2 is 2.00 bits per heavy atom. The molecule has 2 aromatic rings. The van der Waals surface area contributed by atoms with Gasteiger partial charge in [-0.15, -0.1) is 0 Å². The zero-order valence-corrected chi connectivity index (χ0v) is 19.7. The van der Waals surface area contributed by atoms with E-state index in [9.17, 15) is 9.59 Å². The van der Waals surface area contributed by atoms with Gasteiger partial charge in [0.15, 0.2) is 0 Å². The minimum atomic E-state index is -0.312. The molecule has 162 valence electrons. The van der Waals surface area contributed by atoms with Gasteiger partial charge in [0.1, 0.15) is 16.7 Å². The van der Waals surface area contributed by atoms with Gasteiger partial charge in [-0.3, -0.25) is 14.5 Å². The van der Waals surface area contributed by atoms with Gasteiger partial charge < -0.3 is 9.47 Å². The van der Waals surface area contributed by atoms with Gasteiger partial charge in [0, 0.05) is 34.1 Å². The molecule has 0 atom stereocenters. The maximum absolute atomic E-state index is 12.8. The molecule has 5 nitrogen and oxygen atoms in total. The maximum atomic E-state index is 12.8. The number of rotatable bonds is 8. The summed E-state index contributed by atoms with van der Waals surface area (Å²) < 4.78 is 11.1. The first kappa shape index (κ1) is 23.6. The molecule has 0 spiro atoms. The number of ether oxygens (including phenoxy) is 2. The van der Waals surface area contributed by atoms with Gasteiger partial charge >= 0.3 is 5.97 Å². The first-order valence-corrected chi connectivity index (χ1v) is 11.3. The average molecular weight is 496 g/mol. The Labute approximate surface area is 200 Å². The quantitative estimate of drug-likeness (QED) is 0.265. The van der Waals surface area contributed by atoms with Crippen LogP contribution in [0.3, 0.4) is 0 Å². The Kier molecular flexibility index (Phi) is 8.37. The zero-order valence-electron chi connectivity index (χ0n) is 16.6. The number of halogens is 2. The highest BCUT2D eigenvalue weighted by molar-refractivity contribution is 8.26. The van der Waals surface area contributed by atoms with Crippen LogP contribution in [0.4, 0.5) is 0 Å². The molecule has 9 heteroatoms. The number of amides is 1. The van der Waals surface area contributed by atoms with E-state index in [4.69, 9.17) is 40.2 Å². The molecule has 1 aliphatic rings. The monoisotopic (exact) mass is 495 g/mol. The van der Waals surface area contributed by atoms with Crippen LogP contribution in [0.5, 0.6) is 5.75 Å². The van der Waals surface area contributed by atoms with E-state index in [1.165, 1.54) is 23.8 Å². The number of nitrogens with zero attached hydrogens (tertiary/aromatic N) is 1. The summed E-state index contributed by atoms with van der Waals surface area (Å²) in [5.41, 5.74) is 1.56. The molecule has 2 aromatic carbocycles. The molecule has 3 rings (SSSR count). The van der Waals surface area contributed by atoms with Crippen LogP contribution >= 0.6 is 47.2 Å². The van der Waals surface area contributed by atoms with E-state index in [1.54, 1.807) is 18.2 Å². The number of benzene rings is 2. The van der Waals surface area contributed by atoms with Crippen LogP contribution in [-0.4, -0.2) is 34.8 Å². The summed E-state index contributed by atoms with van der Waals surface area (Å²) in [6.45, 7) is 0.625. The normalized spacial score (nSPS) is 14.9. The average Bonchev–Trinajstić information content (AvgIpc) is 3.01. The maximum Gasteiger partial charge on any atom is 0.305 e. The first-order valence-electron chi connectivity index (χ1n) is 9.37. The van der Waals surface area contributed by atoms with Gasteiger partial charge in [0.2, 0.25) is 0 Å². The molecular weight excluding hydrogens is 477 g/mol. The summed E-state index contributed by atoms with van der Waals surface area (Å²) in [6.07, 6.45) is 2.48. The molecule has 1 amide bonds. The smallest absolute Gasteiger partial charge is 0.305 e. The van der Waals surface area contributed by atoms with Crippen LogP contribution in [-0.2, 0) is 20.9 Å². The highest BCUT2D eigenvalue weighted by atomic mass is 35.5. The molecule has 1 aliphatic heterocycles. The van der Waals surface area contributed by atoms with E-state index in [1.807, 2.05) is 30.3 Å². The van der Waals surface area contributed by atoms with Crippen molar-refractivity contribution in [3.8, 4) is 5.75 Å². The number of thiocarbonyl (C=S) groups is 1. The van der Waals surface area contributed by atoms with Crippen molar-refractivity contribution in [2.75, 3.05) is 13.7 Å². The third-order valence-electron chi connectivity index (χ3n) is 4.47. The predicted molar refractivity (Wildman–Crippen MR) is 128 cm³/mol. The molecule has 0 N–H and O–H groups in total. The molecule has 0 saturated carbocycles. The van der Waals surface area contributed by atoms with Crippen LogP contribution in [0, 0.1) is 0 Å². The number of hydrogen-bond donors (Lipinski definition) is 0. The van der Waals surface area contributed by atoms with Crippen molar-refractivity contribution in [2.45, 2.75) is 19.4 Å². The zero-order chi connectivity index (χ0) is 22.4. The fourth-order valence-corrected chi connectivity index (χ4v) is 4.61. The number of esters is 1. The molecule has 31 heavy (non-hydrogen) atoms. The van der Waals surface area contributed by atoms with E-state index in [-0.39, 0.29) is 24.9 Å². The van der Waals surface area contributed by atoms with Crippen molar-refractivity contribution < 1.29 is 19.1 Å². The molecule has 0 radical (unpaired) electrons. The Hall–Kier alpha value is -2.06. The van der Waals surface area contributed by atoms with Gasteiger partial charge in [-0.2, -0.15) is 0 Å². The lowest BCUT2D eigenvalue weighted by Crippen LogP contribution is -2.29. The Bertz CT molecular complexity index is 1040. The van der Waals surface area contributed by atoms with Crippen molar-refractivity contribution in [1.29, 1.82) is 0 Å². The van der Waals surface area contributed by atoms with E-state index in [0.29, 0.717) is 38.0 Å². The van der Waals surface area contributed by atoms with E-state index < -0.39 is 0 Å². The highest BCUT2D eigenvalue weighted by Gasteiger charge is 2.31. The van der Waals surface area contributed by atoms with E-state index in [0.717, 1.165) is 11.1 Å². The highest BCUT2D eigenvalue weighted by Crippen LogP contribution is 2.34. The molecular formula is C22H19Cl2NO4S2. The van der Waals surface area contributed by atoms with Crippen molar-refractivity contribution in [3.05, 3.63) is 68.5 Å². The summed E-state index contributed by atoms with van der Waals surface area (Å²) in [5.74, 6) is 0.118. The molecule has 0 aromatic heterocycles. The molecule has 0 aliphatic carbocycles. The summed E-state index contributed by atoms with van der Waals surface area (Å²) >= 11 is 18.7. The van der Waals surface area contributed by atoms with Crippen LogP contribution in [0.1, 0.15) is 24.0 Å². The van der Waals surface area contributed by atoms with Gasteiger partial charge in [0.25, 0.3) is 5.91 Å². The van der Waals surface area contributed by atoms with Crippen LogP contribution < -0.4 is 4.74 Å². The van der Waals surface area contributed by atoms with Crippen LogP contribution in [0.25, 0.3) is 6.08 Å². The number of carbonyl (C=O) groups excluding carboxylic acids is 2. The second kappa shape index (κ2) is 11.0. The predicted octanol–water partition coefficient (Wildman–Crippen LogP) is 5.73. The minimum Gasteiger partial charge on any atom is -0.488 e. The summed E-state index contributed by atoms with van der Waals surface area (Å²) in [6, 6.07) is 12.6. The largest absolute Gasteiger partial charge is 0.488 e. The van der Waals surface area contributed by atoms with Crippen LogP contribution in [0.2, 0.25) is 10.0 Å². The molecule has 1 saturated heterocycles. The summed E-state index contributed by atoms with van der Waals surface area (Å²) in [5, 5.41) is 1.08. The van der Waals surface area contributed by atoms with Crippen molar-refractivity contribution in [2.24, 2.45) is 0 Å². The van der Waals surface area contributed by atoms with E-state index in [2.05, 4.69) is 4.74 Å². The number of methoxy groups -OCH3 is 1. The third kappa shape index (κ3) is 6.23. The summed E-state index contributed by atoms with van der Waals surface area (Å²) in [7, 11) is 1.34. The van der Waals surface area contributed by atoms with Gasteiger partial charge in [-0.25, -0.2) is 0 Å². The Morgan fingerprint density at radius 1 is 1.23 bits per heavy atom. The standard InChI is InChI=1S/C22H19Cl2NO4S2/c1-28-20(26)7-4-10-25-21(27)19(31-22(25)30)11-14-5-2-3-6-18(14)29-13-15-8-9-16(23)12-17(15)24/h2-3,5-6,8-9,11-12H,4,7,10,13H2,1H3/b19-11+. The number of thioether (sulfide) groups is 1. The third-order valence-corrected chi connectivity index (χ3v) is 6.43. The van der Waals surface area contributed by atoms with Crippen molar-refractivity contribution in [3.63, 3.8) is 0 Å². The molecule has 0 bridgehead atoms. The number of hydrogen-bond acceptors (Lipinski definition) is 6. The van der Waals surface area contributed by atoms with Crippen molar-refractivity contribution >= 4 is 69.5 Å². The van der Waals surface area contributed by atoms with Gasteiger partial charge in [0.05, 0.1) is 12.0 Å². The lowest BCUT2D eigenvalue weighted by molar-refractivity contribution is -0.141. The fraction of sp³-hybridized carbons (Fsp3) is 0.227. The molecule has 1 fully saturated rings. The second-order valence-electron chi connectivity index (χ2n) is 6.58. The van der Waals surface area contributed by atoms with Crippen LogP contribution in [0.15, 0.2) is 47.4 Å². The Balaban J connectivity index is 1.71. The second-order valence-corrected chi connectivity index (χ2v) is 9.09. The SMILES string of the molecule is COC(=O)CCCN1C(=O)/C(=C\c2ccccc2OCc2ccc(Cl)cc2Cl)SC1=S. The fourth-order valence-electron chi connectivity index (χ4n) is 2.84. The number of carbonyl (C=O) groups is 2. The van der Waals surface area contributed by atoms with E-state index >= 15 is 0 Å². The topological polar surface area (TPSA) is 55.8 Å². The lowest BCUT2D eigenvalue weighted by Gasteiger charge is -2.13. The summed E-state index contributed by atoms with van der Waals surface area (Å²) in [4.78, 5) is 26.1. The van der Waals surface area contributed by atoms with Crippen molar-refractivity contribution in [1.82, 2.24) is 4.90 Å². The first-order chi connectivity index (χ1) is 14.9. The van der Waals surface area contributed by atoms with Gasteiger partial charge in [-0.05, 0) is 30.7 Å². The number of para-hydroxylation sites is 1. The minimum absolute atomic E-state index is 0.185. The van der Waals surface area contributed by atoms with Gasteiger partial charge in [-0.1, -0.05) is 71.4 Å². The molecule has 1 heterocycles.